The van der Waals surface area contributed by atoms with E-state index in [4.69, 9.17) is 4.99 Å². The van der Waals surface area contributed by atoms with Gasteiger partial charge in [0.15, 0.2) is 5.49 Å². The average Bonchev–Trinajstić information content (AvgIpc) is 3.58. The molecule has 2 aliphatic rings. The number of imidazole rings is 1. The first-order valence-electron chi connectivity index (χ1n) is 12.4. The number of benzene rings is 3. The lowest BCUT2D eigenvalue weighted by molar-refractivity contribution is 0.476. The van der Waals surface area contributed by atoms with Gasteiger partial charge in [0, 0.05) is 40.8 Å². The normalized spacial score (nSPS) is 16.5. The third-order valence-corrected chi connectivity index (χ3v) is 7.62. The van der Waals surface area contributed by atoms with E-state index in [9.17, 15) is 0 Å². The Labute approximate surface area is 207 Å². The van der Waals surface area contributed by atoms with Crippen molar-refractivity contribution in [3.05, 3.63) is 101 Å². The zero-order valence-electron chi connectivity index (χ0n) is 19.9. The van der Waals surface area contributed by atoms with Gasteiger partial charge in [-0.15, -0.1) is 0 Å². The molecule has 3 aromatic heterocycles. The van der Waals surface area contributed by atoms with E-state index in [0.717, 1.165) is 23.7 Å². The van der Waals surface area contributed by atoms with Crippen molar-refractivity contribution in [3.63, 3.8) is 0 Å². The van der Waals surface area contributed by atoms with Crippen molar-refractivity contribution in [1.82, 2.24) is 24.0 Å². The van der Waals surface area contributed by atoms with Gasteiger partial charge in [0.25, 0.3) is 0 Å². The number of hydrogen-bond acceptors (Lipinski definition) is 3. The summed E-state index contributed by atoms with van der Waals surface area (Å²) in [5.74, 6) is 0. The molecule has 3 aromatic carbocycles. The molecule has 8 rings (SSSR count). The molecule has 1 unspecified atom stereocenters. The van der Waals surface area contributed by atoms with Gasteiger partial charge in [-0.2, -0.15) is 0 Å². The monoisotopic (exact) mass is 468 g/mol. The summed E-state index contributed by atoms with van der Waals surface area (Å²) in [4.78, 5) is 9.54. The lowest BCUT2D eigenvalue weighted by Crippen LogP contribution is -2.40. The Morgan fingerprint density at radius 2 is 1.72 bits per heavy atom. The highest BCUT2D eigenvalue weighted by Crippen LogP contribution is 2.42. The summed E-state index contributed by atoms with van der Waals surface area (Å²) < 4.78 is 6.74. The minimum absolute atomic E-state index is 0.249. The summed E-state index contributed by atoms with van der Waals surface area (Å²) in [5, 5.41) is 8.47. The molecular weight excluding hydrogens is 444 g/mol. The second-order valence-corrected chi connectivity index (χ2v) is 9.59. The van der Waals surface area contributed by atoms with Gasteiger partial charge < -0.3 is 19.0 Å². The quantitative estimate of drug-likeness (QED) is 0.405. The summed E-state index contributed by atoms with van der Waals surface area (Å²) in [5.41, 5.74) is 8.25. The van der Waals surface area contributed by atoms with Crippen LogP contribution in [-0.4, -0.2) is 18.7 Å². The first-order valence-corrected chi connectivity index (χ1v) is 12.4. The van der Waals surface area contributed by atoms with Gasteiger partial charge in [-0.1, -0.05) is 42.5 Å². The number of para-hydroxylation sites is 2. The highest BCUT2D eigenvalue weighted by Gasteiger charge is 2.26. The molecule has 0 saturated heterocycles. The van der Waals surface area contributed by atoms with Crippen molar-refractivity contribution in [2.24, 2.45) is 12.0 Å². The van der Waals surface area contributed by atoms with Crippen LogP contribution in [0.1, 0.15) is 24.0 Å². The Bertz CT molecular complexity index is 1980. The molecule has 4 heterocycles. The summed E-state index contributed by atoms with van der Waals surface area (Å²) in [6.45, 7) is 0. The van der Waals surface area contributed by atoms with Crippen LogP contribution in [0, 0.1) is 0 Å². The van der Waals surface area contributed by atoms with Crippen molar-refractivity contribution in [3.8, 4) is 5.69 Å². The van der Waals surface area contributed by atoms with Gasteiger partial charge >= 0.3 is 0 Å². The van der Waals surface area contributed by atoms with Crippen LogP contribution >= 0.6 is 0 Å². The number of hydrogen-bond donors (Lipinski definition) is 1. The second kappa shape index (κ2) is 7.21. The largest absolute Gasteiger partial charge is 0.351 e. The summed E-state index contributed by atoms with van der Waals surface area (Å²) >= 11 is 0. The number of fused-ring (bicyclic) bond motifs is 8. The topological polar surface area (TPSA) is 52.1 Å². The molecule has 1 atom stereocenters. The maximum atomic E-state index is 5.01. The third kappa shape index (κ3) is 2.56. The van der Waals surface area contributed by atoms with E-state index in [2.05, 4.69) is 98.3 Å². The molecule has 6 nitrogen and oxygen atoms in total. The molecule has 6 heteroatoms. The van der Waals surface area contributed by atoms with E-state index < -0.39 is 0 Å². The fourth-order valence-electron chi connectivity index (χ4n) is 6.07. The van der Waals surface area contributed by atoms with E-state index in [1.165, 1.54) is 49.7 Å². The van der Waals surface area contributed by atoms with Crippen LogP contribution in [0.3, 0.4) is 0 Å². The highest BCUT2D eigenvalue weighted by atomic mass is 15.3. The fourth-order valence-corrected chi connectivity index (χ4v) is 6.07. The fraction of sp³-hybridized carbons (Fsp3) is 0.133. The predicted octanol–water partition coefficient (Wildman–Crippen LogP) is 4.55. The predicted molar refractivity (Wildman–Crippen MR) is 144 cm³/mol. The van der Waals surface area contributed by atoms with E-state index in [1.807, 2.05) is 24.1 Å². The van der Waals surface area contributed by atoms with Crippen molar-refractivity contribution in [1.29, 1.82) is 0 Å². The van der Waals surface area contributed by atoms with Crippen LogP contribution in [0.25, 0.3) is 50.7 Å². The molecule has 0 bridgehead atoms. The van der Waals surface area contributed by atoms with Gasteiger partial charge in [0.1, 0.15) is 5.35 Å². The van der Waals surface area contributed by atoms with Crippen LogP contribution in [0.15, 0.2) is 84.1 Å². The lowest BCUT2D eigenvalue weighted by atomic mass is 9.98. The molecule has 6 aromatic rings. The Hall–Kier alpha value is -4.58. The molecule has 0 fully saturated rings. The van der Waals surface area contributed by atoms with E-state index in [0.29, 0.717) is 0 Å². The number of allylic oxidation sites excluding steroid dienone is 1. The number of aromatic nitrogens is 4. The molecule has 1 aliphatic heterocycles. The Morgan fingerprint density at radius 3 is 2.64 bits per heavy atom. The van der Waals surface area contributed by atoms with Gasteiger partial charge in [0.05, 0.1) is 22.9 Å². The summed E-state index contributed by atoms with van der Waals surface area (Å²) in [6.07, 6.45) is 10.2. The van der Waals surface area contributed by atoms with Crippen molar-refractivity contribution >= 4 is 45.0 Å². The molecular formula is C30H24N6. The molecule has 0 saturated carbocycles. The minimum atomic E-state index is -0.249. The highest BCUT2D eigenvalue weighted by molar-refractivity contribution is 6.22. The number of aryl methyl sites for hydroxylation is 2. The van der Waals surface area contributed by atoms with Crippen molar-refractivity contribution in [2.45, 2.75) is 19.1 Å². The van der Waals surface area contributed by atoms with Crippen molar-refractivity contribution in [2.75, 3.05) is 0 Å². The van der Waals surface area contributed by atoms with E-state index >= 15 is 0 Å². The Kier molecular flexibility index (Phi) is 3.95. The number of nitrogens with zero attached hydrogens (tertiary/aromatic N) is 5. The van der Waals surface area contributed by atoms with Crippen LogP contribution in [0.5, 0.6) is 0 Å². The molecule has 1 aliphatic carbocycles. The summed E-state index contributed by atoms with van der Waals surface area (Å²) in [6, 6.07) is 24.0. The number of rotatable bonds is 2. The van der Waals surface area contributed by atoms with Gasteiger partial charge in [-0.3, -0.25) is 0 Å². The first-order chi connectivity index (χ1) is 17.8. The molecule has 0 spiro atoms. The van der Waals surface area contributed by atoms with Gasteiger partial charge in [-0.05, 0) is 54.8 Å². The SMILES string of the molecule is Cn1cnc2c1=CNC(n1c3c(c4c5c6ccccc6n(-c6ccccc6)c5ccc41)CCC=C3)N=2. The minimum Gasteiger partial charge on any atom is -0.351 e. The maximum absolute atomic E-state index is 5.01. The molecule has 1 N–H and O–H groups in total. The second-order valence-electron chi connectivity index (χ2n) is 9.59. The van der Waals surface area contributed by atoms with Gasteiger partial charge in [0.2, 0.25) is 6.29 Å². The zero-order valence-corrected chi connectivity index (χ0v) is 19.9. The third-order valence-electron chi connectivity index (χ3n) is 7.62. The van der Waals surface area contributed by atoms with Crippen LogP contribution in [0.4, 0.5) is 0 Å². The molecule has 0 radical (unpaired) electrons. The van der Waals surface area contributed by atoms with Crippen LogP contribution in [0.2, 0.25) is 0 Å². The van der Waals surface area contributed by atoms with E-state index in [1.54, 1.807) is 0 Å². The molecule has 36 heavy (non-hydrogen) atoms. The lowest BCUT2D eigenvalue weighted by Gasteiger charge is -2.21. The first kappa shape index (κ1) is 19.7. The molecule has 174 valence electrons. The Morgan fingerprint density at radius 1 is 0.889 bits per heavy atom. The smallest absolute Gasteiger partial charge is 0.203 e. The van der Waals surface area contributed by atoms with Crippen LogP contribution < -0.4 is 16.2 Å². The standard InChI is InChI=1S/C30H24N6/c1-34-18-32-29-26(34)17-31-30(33-29)36-23-14-8-6-12-21(23)28-25(36)16-15-24-27(28)20-11-5-7-13-22(20)35(24)19-9-3-2-4-10-19/h2-5,7-11,13-18,30-31H,6,12H2,1H3. The Balaban J connectivity index is 1.50. The van der Waals surface area contributed by atoms with E-state index in [-0.39, 0.29) is 6.29 Å². The molecule has 0 amide bonds. The maximum Gasteiger partial charge on any atom is 0.203 e. The number of nitrogens with one attached hydrogen (secondary N) is 1. The van der Waals surface area contributed by atoms with Crippen molar-refractivity contribution < 1.29 is 0 Å². The zero-order chi connectivity index (χ0) is 23.8. The average molecular weight is 469 g/mol. The van der Waals surface area contributed by atoms with Crippen LogP contribution in [-0.2, 0) is 13.5 Å². The van der Waals surface area contributed by atoms with Gasteiger partial charge in [-0.25, -0.2) is 9.98 Å². The summed E-state index contributed by atoms with van der Waals surface area (Å²) in [7, 11) is 1.99.